The van der Waals surface area contributed by atoms with Crippen molar-refractivity contribution in [2.75, 3.05) is 11.9 Å². The number of benzene rings is 1. The Morgan fingerprint density at radius 3 is 2.94 bits per heavy atom. The van der Waals surface area contributed by atoms with E-state index in [1.165, 1.54) is 12.8 Å². The van der Waals surface area contributed by atoms with Gasteiger partial charge in [-0.25, -0.2) is 0 Å². The average Bonchev–Trinajstić information content (AvgIpc) is 2.38. The largest absolute Gasteiger partial charge is 0.372 e. The molecule has 0 amide bonds. The van der Waals surface area contributed by atoms with Crippen LogP contribution in [0, 0.1) is 11.3 Å². The van der Waals surface area contributed by atoms with E-state index < -0.39 is 0 Å². The predicted octanol–water partition coefficient (Wildman–Crippen LogP) is 2.26. The summed E-state index contributed by atoms with van der Waals surface area (Å²) in [6.07, 6.45) is 4.59. The summed E-state index contributed by atoms with van der Waals surface area (Å²) in [6, 6.07) is 10.8. The van der Waals surface area contributed by atoms with E-state index in [0.29, 0.717) is 12.1 Å². The van der Waals surface area contributed by atoms with Crippen molar-refractivity contribution in [3.8, 4) is 6.07 Å². The third-order valence-corrected chi connectivity index (χ3v) is 3.62. The third kappa shape index (κ3) is 2.78. The minimum atomic E-state index is 0.329. The van der Waals surface area contributed by atoms with E-state index in [4.69, 9.17) is 11.0 Å². The third-order valence-electron chi connectivity index (χ3n) is 3.62. The number of rotatable bonds is 2. The molecule has 2 rings (SSSR count). The van der Waals surface area contributed by atoms with Crippen LogP contribution in [0.25, 0.3) is 0 Å². The van der Waals surface area contributed by atoms with Gasteiger partial charge in [0, 0.05) is 24.8 Å². The van der Waals surface area contributed by atoms with Gasteiger partial charge in [-0.1, -0.05) is 6.07 Å². The Morgan fingerprint density at radius 2 is 2.24 bits per heavy atom. The van der Waals surface area contributed by atoms with Crippen LogP contribution in [0.2, 0.25) is 0 Å². The Hall–Kier alpha value is -1.53. The SMILES string of the molecule is CN(c1cccc(C#N)c1)C1CCCC(N)C1. The molecule has 3 nitrogen and oxygen atoms in total. The summed E-state index contributed by atoms with van der Waals surface area (Å²) in [5.74, 6) is 0. The second-order valence-corrected chi connectivity index (χ2v) is 4.85. The highest BCUT2D eigenvalue weighted by atomic mass is 15.1. The molecule has 2 unspecified atom stereocenters. The fourth-order valence-corrected chi connectivity index (χ4v) is 2.56. The van der Waals surface area contributed by atoms with Gasteiger partial charge >= 0.3 is 0 Å². The maximum atomic E-state index is 8.91. The molecule has 2 atom stereocenters. The van der Waals surface area contributed by atoms with Crippen molar-refractivity contribution in [2.45, 2.75) is 37.8 Å². The van der Waals surface area contributed by atoms with Crippen LogP contribution >= 0.6 is 0 Å². The van der Waals surface area contributed by atoms with E-state index in [2.05, 4.69) is 24.1 Å². The van der Waals surface area contributed by atoms with Crippen LogP contribution in [0.5, 0.6) is 0 Å². The number of nitriles is 1. The molecule has 0 saturated heterocycles. The number of hydrogen-bond acceptors (Lipinski definition) is 3. The van der Waals surface area contributed by atoms with Crippen LogP contribution in [-0.4, -0.2) is 19.1 Å². The van der Waals surface area contributed by atoms with E-state index in [0.717, 1.165) is 24.1 Å². The molecule has 0 aliphatic heterocycles. The molecular formula is C14H19N3. The van der Waals surface area contributed by atoms with Gasteiger partial charge in [0.05, 0.1) is 11.6 Å². The van der Waals surface area contributed by atoms with Gasteiger partial charge in [0.25, 0.3) is 0 Å². The molecule has 1 fully saturated rings. The van der Waals surface area contributed by atoms with Crippen LogP contribution in [0.15, 0.2) is 24.3 Å². The van der Waals surface area contributed by atoms with Crippen LogP contribution in [-0.2, 0) is 0 Å². The smallest absolute Gasteiger partial charge is 0.0992 e. The topological polar surface area (TPSA) is 53.0 Å². The van der Waals surface area contributed by atoms with Gasteiger partial charge in [-0.2, -0.15) is 5.26 Å². The monoisotopic (exact) mass is 229 g/mol. The lowest BCUT2D eigenvalue weighted by molar-refractivity contribution is 0.382. The van der Waals surface area contributed by atoms with Gasteiger partial charge in [0.2, 0.25) is 0 Å². The zero-order chi connectivity index (χ0) is 12.3. The zero-order valence-corrected chi connectivity index (χ0v) is 10.3. The fourth-order valence-electron chi connectivity index (χ4n) is 2.56. The first kappa shape index (κ1) is 11.9. The first-order chi connectivity index (χ1) is 8.20. The van der Waals surface area contributed by atoms with E-state index in [1.54, 1.807) is 0 Å². The molecule has 1 aliphatic rings. The number of anilines is 1. The minimum absolute atomic E-state index is 0.329. The molecule has 0 radical (unpaired) electrons. The van der Waals surface area contributed by atoms with Crippen molar-refractivity contribution in [3.05, 3.63) is 29.8 Å². The molecule has 1 saturated carbocycles. The molecule has 1 aliphatic carbocycles. The van der Waals surface area contributed by atoms with Crippen LogP contribution < -0.4 is 10.6 Å². The summed E-state index contributed by atoms with van der Waals surface area (Å²) in [7, 11) is 2.10. The quantitative estimate of drug-likeness (QED) is 0.846. The standard InChI is InChI=1S/C14H19N3/c1-17(14-7-3-5-12(16)9-14)13-6-2-4-11(8-13)10-15/h2,4,6,8,12,14H,3,5,7,9,16H2,1H3. The predicted molar refractivity (Wildman–Crippen MR) is 69.8 cm³/mol. The molecular weight excluding hydrogens is 210 g/mol. The van der Waals surface area contributed by atoms with Gasteiger partial charge in [-0.15, -0.1) is 0 Å². The van der Waals surface area contributed by atoms with Crippen molar-refractivity contribution >= 4 is 5.69 Å². The summed E-state index contributed by atoms with van der Waals surface area (Å²) in [5.41, 5.74) is 7.85. The van der Waals surface area contributed by atoms with Gasteiger partial charge in [-0.3, -0.25) is 0 Å². The summed E-state index contributed by atoms with van der Waals surface area (Å²) in [4.78, 5) is 2.26. The Balaban J connectivity index is 2.13. The van der Waals surface area contributed by atoms with Crippen LogP contribution in [0.1, 0.15) is 31.2 Å². The van der Waals surface area contributed by atoms with Gasteiger partial charge in [-0.05, 0) is 43.9 Å². The summed E-state index contributed by atoms with van der Waals surface area (Å²) >= 11 is 0. The van der Waals surface area contributed by atoms with E-state index in [-0.39, 0.29) is 0 Å². The van der Waals surface area contributed by atoms with Crippen molar-refractivity contribution < 1.29 is 0 Å². The highest BCUT2D eigenvalue weighted by molar-refractivity contribution is 5.51. The molecule has 1 aromatic carbocycles. The number of nitrogens with zero attached hydrogens (tertiary/aromatic N) is 2. The number of hydrogen-bond donors (Lipinski definition) is 1. The first-order valence-electron chi connectivity index (χ1n) is 6.19. The maximum Gasteiger partial charge on any atom is 0.0992 e. The summed E-state index contributed by atoms with van der Waals surface area (Å²) in [6.45, 7) is 0. The molecule has 0 spiro atoms. The van der Waals surface area contributed by atoms with Crippen LogP contribution in [0.3, 0.4) is 0 Å². The lowest BCUT2D eigenvalue weighted by Gasteiger charge is -2.35. The van der Waals surface area contributed by atoms with Gasteiger partial charge in [0.1, 0.15) is 0 Å². The second-order valence-electron chi connectivity index (χ2n) is 4.85. The molecule has 0 heterocycles. The van der Waals surface area contributed by atoms with E-state index in [1.807, 2.05) is 18.2 Å². The lowest BCUT2D eigenvalue weighted by Crippen LogP contribution is -2.40. The zero-order valence-electron chi connectivity index (χ0n) is 10.3. The minimum Gasteiger partial charge on any atom is -0.372 e. The summed E-state index contributed by atoms with van der Waals surface area (Å²) in [5, 5.41) is 8.91. The van der Waals surface area contributed by atoms with Crippen molar-refractivity contribution in [1.29, 1.82) is 5.26 Å². The Morgan fingerprint density at radius 1 is 1.41 bits per heavy atom. The summed E-state index contributed by atoms with van der Waals surface area (Å²) < 4.78 is 0. The highest BCUT2D eigenvalue weighted by Crippen LogP contribution is 2.26. The lowest BCUT2D eigenvalue weighted by atomic mass is 9.90. The fraction of sp³-hybridized carbons (Fsp3) is 0.500. The molecule has 1 aromatic rings. The average molecular weight is 229 g/mol. The Bertz CT molecular complexity index is 422. The number of nitrogens with two attached hydrogens (primary N) is 1. The van der Waals surface area contributed by atoms with Gasteiger partial charge < -0.3 is 10.6 Å². The highest BCUT2D eigenvalue weighted by Gasteiger charge is 2.22. The molecule has 3 heteroatoms. The molecule has 0 bridgehead atoms. The normalized spacial score (nSPS) is 24.1. The second kappa shape index (κ2) is 5.20. The maximum absolute atomic E-state index is 8.91. The van der Waals surface area contributed by atoms with Crippen LogP contribution in [0.4, 0.5) is 5.69 Å². The molecule has 17 heavy (non-hydrogen) atoms. The van der Waals surface area contributed by atoms with Crippen molar-refractivity contribution in [2.24, 2.45) is 5.73 Å². The Labute approximate surface area is 103 Å². The molecule has 90 valence electrons. The molecule has 2 N–H and O–H groups in total. The van der Waals surface area contributed by atoms with E-state index in [9.17, 15) is 0 Å². The van der Waals surface area contributed by atoms with Gasteiger partial charge in [0.15, 0.2) is 0 Å². The van der Waals surface area contributed by atoms with Crippen molar-refractivity contribution in [3.63, 3.8) is 0 Å². The first-order valence-corrected chi connectivity index (χ1v) is 6.19. The van der Waals surface area contributed by atoms with Crippen molar-refractivity contribution in [1.82, 2.24) is 0 Å². The van der Waals surface area contributed by atoms with E-state index >= 15 is 0 Å². The molecule has 0 aromatic heterocycles. The Kier molecular flexibility index (Phi) is 3.65.